The SMILES string of the molecule is O=[N+]([O-])c1cnn(Cc2ccc(F)cc2F)c1. The molecule has 0 saturated heterocycles. The number of benzene rings is 1. The minimum Gasteiger partial charge on any atom is -0.261 e. The second-order valence-corrected chi connectivity index (χ2v) is 3.39. The Morgan fingerprint density at radius 1 is 1.41 bits per heavy atom. The van der Waals surface area contributed by atoms with E-state index in [9.17, 15) is 18.9 Å². The van der Waals surface area contributed by atoms with E-state index in [1.165, 1.54) is 16.9 Å². The lowest BCUT2D eigenvalue weighted by Crippen LogP contribution is -2.02. The van der Waals surface area contributed by atoms with Crippen molar-refractivity contribution in [1.82, 2.24) is 9.78 Å². The highest BCUT2D eigenvalue weighted by atomic mass is 19.1. The van der Waals surface area contributed by atoms with Crippen LogP contribution in [-0.4, -0.2) is 14.7 Å². The standard InChI is InChI=1S/C10H7F2N3O2/c11-8-2-1-7(10(12)3-8)5-14-6-9(4-13-14)15(16)17/h1-4,6H,5H2. The zero-order chi connectivity index (χ0) is 12.4. The van der Waals surface area contributed by atoms with E-state index < -0.39 is 16.6 Å². The van der Waals surface area contributed by atoms with E-state index in [-0.39, 0.29) is 17.8 Å². The number of rotatable bonds is 3. The Morgan fingerprint density at radius 3 is 2.76 bits per heavy atom. The van der Waals surface area contributed by atoms with Crippen molar-refractivity contribution in [3.63, 3.8) is 0 Å². The summed E-state index contributed by atoms with van der Waals surface area (Å²) in [4.78, 5) is 9.81. The smallest absolute Gasteiger partial charge is 0.261 e. The number of aromatic nitrogens is 2. The highest BCUT2D eigenvalue weighted by molar-refractivity contribution is 5.23. The molecule has 2 rings (SSSR count). The lowest BCUT2D eigenvalue weighted by Gasteiger charge is -2.02. The van der Waals surface area contributed by atoms with Gasteiger partial charge in [-0.05, 0) is 6.07 Å². The average molecular weight is 239 g/mol. The van der Waals surface area contributed by atoms with Crippen molar-refractivity contribution >= 4 is 5.69 Å². The molecule has 0 bridgehead atoms. The van der Waals surface area contributed by atoms with Gasteiger partial charge in [0.1, 0.15) is 24.0 Å². The van der Waals surface area contributed by atoms with Gasteiger partial charge in [0.2, 0.25) is 0 Å². The van der Waals surface area contributed by atoms with Gasteiger partial charge in [0, 0.05) is 11.6 Å². The summed E-state index contributed by atoms with van der Waals surface area (Å²) >= 11 is 0. The maximum Gasteiger partial charge on any atom is 0.307 e. The maximum absolute atomic E-state index is 13.3. The Labute approximate surface area is 94.4 Å². The Morgan fingerprint density at radius 2 is 2.18 bits per heavy atom. The molecule has 0 atom stereocenters. The van der Waals surface area contributed by atoms with Crippen molar-refractivity contribution < 1.29 is 13.7 Å². The van der Waals surface area contributed by atoms with E-state index in [0.29, 0.717) is 0 Å². The Bertz CT molecular complexity index is 568. The predicted octanol–water partition coefficient (Wildman–Crippen LogP) is 2.12. The molecule has 0 amide bonds. The first-order chi connectivity index (χ1) is 8.06. The van der Waals surface area contributed by atoms with Crippen molar-refractivity contribution in [3.8, 4) is 0 Å². The molecule has 17 heavy (non-hydrogen) atoms. The minimum absolute atomic E-state index is 0.0138. The highest BCUT2D eigenvalue weighted by Crippen LogP contribution is 2.13. The molecule has 0 saturated carbocycles. The molecule has 1 aromatic carbocycles. The van der Waals surface area contributed by atoms with Crippen molar-refractivity contribution in [2.24, 2.45) is 0 Å². The molecule has 0 radical (unpaired) electrons. The predicted molar refractivity (Wildman–Crippen MR) is 54.3 cm³/mol. The summed E-state index contributed by atoms with van der Waals surface area (Å²) in [6.45, 7) is 0.0138. The molecular weight excluding hydrogens is 232 g/mol. The van der Waals surface area contributed by atoms with E-state index in [0.717, 1.165) is 18.3 Å². The fraction of sp³-hybridized carbons (Fsp3) is 0.100. The number of nitrogens with zero attached hydrogens (tertiary/aromatic N) is 3. The van der Waals surface area contributed by atoms with Gasteiger partial charge in [-0.15, -0.1) is 0 Å². The van der Waals surface area contributed by atoms with Crippen LogP contribution in [0.2, 0.25) is 0 Å². The lowest BCUT2D eigenvalue weighted by atomic mass is 10.2. The van der Waals surface area contributed by atoms with Gasteiger partial charge in [-0.2, -0.15) is 5.10 Å². The van der Waals surface area contributed by atoms with Crippen LogP contribution < -0.4 is 0 Å². The van der Waals surface area contributed by atoms with Gasteiger partial charge in [0.25, 0.3) is 0 Å². The van der Waals surface area contributed by atoms with E-state index in [1.54, 1.807) is 0 Å². The number of halogens is 2. The van der Waals surface area contributed by atoms with E-state index in [4.69, 9.17) is 0 Å². The molecule has 7 heteroatoms. The molecule has 1 heterocycles. The zero-order valence-corrected chi connectivity index (χ0v) is 8.51. The molecule has 0 aliphatic heterocycles. The second kappa shape index (κ2) is 4.28. The summed E-state index contributed by atoms with van der Waals surface area (Å²) in [5.74, 6) is -1.37. The molecule has 5 nitrogen and oxygen atoms in total. The minimum atomic E-state index is -0.705. The molecular formula is C10H7F2N3O2. The quantitative estimate of drug-likeness (QED) is 0.608. The van der Waals surface area contributed by atoms with Gasteiger partial charge in [0.05, 0.1) is 11.5 Å². The van der Waals surface area contributed by atoms with Gasteiger partial charge in [0.15, 0.2) is 0 Å². The largest absolute Gasteiger partial charge is 0.307 e. The zero-order valence-electron chi connectivity index (χ0n) is 8.51. The molecule has 0 unspecified atom stereocenters. The molecule has 2 aromatic rings. The number of nitro groups is 1. The van der Waals surface area contributed by atoms with E-state index in [1.807, 2.05) is 0 Å². The van der Waals surface area contributed by atoms with Crippen LogP contribution in [0.25, 0.3) is 0 Å². The lowest BCUT2D eigenvalue weighted by molar-refractivity contribution is -0.385. The molecule has 0 aliphatic carbocycles. The normalized spacial score (nSPS) is 10.5. The molecule has 1 aromatic heterocycles. The second-order valence-electron chi connectivity index (χ2n) is 3.39. The van der Waals surface area contributed by atoms with E-state index in [2.05, 4.69) is 5.10 Å². The summed E-state index contributed by atoms with van der Waals surface area (Å²) < 4.78 is 27.1. The fourth-order valence-electron chi connectivity index (χ4n) is 1.36. The van der Waals surface area contributed by atoms with Gasteiger partial charge >= 0.3 is 5.69 Å². The monoisotopic (exact) mass is 239 g/mol. The average Bonchev–Trinajstić information content (AvgIpc) is 2.71. The first-order valence-corrected chi connectivity index (χ1v) is 4.67. The van der Waals surface area contributed by atoms with Crippen LogP contribution in [0.5, 0.6) is 0 Å². The first kappa shape index (κ1) is 11.2. The van der Waals surface area contributed by atoms with Crippen molar-refractivity contribution in [2.75, 3.05) is 0 Å². The van der Waals surface area contributed by atoms with Crippen LogP contribution in [0.15, 0.2) is 30.6 Å². The van der Waals surface area contributed by atoms with E-state index >= 15 is 0 Å². The third kappa shape index (κ3) is 2.44. The maximum atomic E-state index is 13.3. The van der Waals surface area contributed by atoms with Crippen molar-refractivity contribution in [3.05, 3.63) is 57.9 Å². The Kier molecular flexibility index (Phi) is 2.82. The molecule has 0 N–H and O–H groups in total. The molecule has 0 spiro atoms. The Balaban J connectivity index is 2.22. The van der Waals surface area contributed by atoms with Gasteiger partial charge in [-0.1, -0.05) is 6.07 Å². The highest BCUT2D eigenvalue weighted by Gasteiger charge is 2.10. The third-order valence-corrected chi connectivity index (χ3v) is 2.18. The summed E-state index contributed by atoms with van der Waals surface area (Å²) in [7, 11) is 0. The van der Waals surface area contributed by atoms with Crippen LogP contribution >= 0.6 is 0 Å². The fourth-order valence-corrected chi connectivity index (χ4v) is 1.36. The molecule has 0 aliphatic rings. The topological polar surface area (TPSA) is 61.0 Å². The van der Waals surface area contributed by atoms with Crippen LogP contribution in [0.4, 0.5) is 14.5 Å². The van der Waals surface area contributed by atoms with Gasteiger partial charge in [-0.25, -0.2) is 8.78 Å². The summed E-state index contributed by atoms with van der Waals surface area (Å²) in [6, 6.07) is 3.15. The number of hydrogen-bond acceptors (Lipinski definition) is 3. The van der Waals surface area contributed by atoms with Crippen LogP contribution in [0.3, 0.4) is 0 Å². The molecule has 88 valence electrons. The number of hydrogen-bond donors (Lipinski definition) is 0. The van der Waals surface area contributed by atoms with Gasteiger partial charge < -0.3 is 0 Å². The van der Waals surface area contributed by atoms with Crippen LogP contribution in [0.1, 0.15) is 5.56 Å². The first-order valence-electron chi connectivity index (χ1n) is 4.67. The summed E-state index contributed by atoms with van der Waals surface area (Å²) in [6.07, 6.45) is 2.25. The van der Waals surface area contributed by atoms with Gasteiger partial charge in [-0.3, -0.25) is 14.8 Å². The van der Waals surface area contributed by atoms with Crippen LogP contribution in [0, 0.1) is 21.7 Å². The van der Waals surface area contributed by atoms with Crippen LogP contribution in [-0.2, 0) is 6.54 Å². The van der Waals surface area contributed by atoms with Crippen molar-refractivity contribution in [2.45, 2.75) is 6.54 Å². The summed E-state index contributed by atoms with van der Waals surface area (Å²) in [5.41, 5.74) is 0.0388. The third-order valence-electron chi connectivity index (χ3n) is 2.18. The summed E-state index contributed by atoms with van der Waals surface area (Å²) in [5, 5.41) is 14.1. The Hall–Kier alpha value is -2.31. The van der Waals surface area contributed by atoms with Crippen molar-refractivity contribution in [1.29, 1.82) is 0 Å². The molecule has 0 fully saturated rings.